The Morgan fingerprint density at radius 2 is 2.00 bits per heavy atom. The molecule has 3 aromatic rings. The molecule has 146 valence electrons. The van der Waals surface area contributed by atoms with Crippen LogP contribution in [0.3, 0.4) is 0 Å². The van der Waals surface area contributed by atoms with Gasteiger partial charge in [0, 0.05) is 37.5 Å². The van der Waals surface area contributed by atoms with Crippen molar-refractivity contribution >= 4 is 16.9 Å². The number of carbonyl (C=O) groups excluding carboxylic acids is 1. The summed E-state index contributed by atoms with van der Waals surface area (Å²) in [6.45, 7) is 0.619. The normalized spacial score (nSPS) is 19.6. The van der Waals surface area contributed by atoms with Crippen LogP contribution in [0.15, 0.2) is 48.8 Å². The first-order valence-electron chi connectivity index (χ1n) is 9.75. The number of halogens is 1. The molecule has 4 rings (SSSR count). The van der Waals surface area contributed by atoms with Gasteiger partial charge in [-0.15, -0.1) is 0 Å². The van der Waals surface area contributed by atoms with Crippen molar-refractivity contribution in [1.82, 2.24) is 14.9 Å². The number of hydrogen-bond donors (Lipinski definition) is 2. The molecule has 1 fully saturated rings. The van der Waals surface area contributed by atoms with E-state index in [1.165, 1.54) is 12.1 Å². The first-order valence-corrected chi connectivity index (χ1v) is 9.75. The maximum atomic E-state index is 13.2. The number of fused-ring (bicyclic) bond motifs is 1. The number of hydrogen-bond acceptors (Lipinski definition) is 3. The largest absolute Gasteiger partial charge is 0.396 e. The van der Waals surface area contributed by atoms with Crippen LogP contribution in [-0.2, 0) is 6.54 Å². The van der Waals surface area contributed by atoms with Crippen molar-refractivity contribution in [2.45, 2.75) is 38.3 Å². The molecule has 28 heavy (non-hydrogen) atoms. The lowest BCUT2D eigenvalue weighted by molar-refractivity contribution is 0.0874. The van der Waals surface area contributed by atoms with E-state index in [0.717, 1.165) is 36.8 Å². The number of pyridine rings is 1. The molecule has 0 radical (unpaired) electrons. The molecule has 0 unspecified atom stereocenters. The molecule has 6 heteroatoms. The Hall–Kier alpha value is -2.73. The molecule has 2 aromatic heterocycles. The molecule has 2 heterocycles. The zero-order valence-corrected chi connectivity index (χ0v) is 15.6. The topological polar surface area (TPSA) is 67.2 Å². The Morgan fingerprint density at radius 1 is 1.21 bits per heavy atom. The van der Waals surface area contributed by atoms with Crippen LogP contribution in [0.25, 0.3) is 11.0 Å². The lowest BCUT2D eigenvalue weighted by Gasteiger charge is -2.30. The predicted molar refractivity (Wildman–Crippen MR) is 106 cm³/mol. The highest BCUT2D eigenvalue weighted by atomic mass is 19.1. The van der Waals surface area contributed by atoms with Crippen LogP contribution in [0.2, 0.25) is 0 Å². The molecule has 5 nitrogen and oxygen atoms in total. The van der Waals surface area contributed by atoms with Crippen molar-refractivity contribution in [3.63, 3.8) is 0 Å². The lowest BCUT2D eigenvalue weighted by Crippen LogP contribution is -2.43. The summed E-state index contributed by atoms with van der Waals surface area (Å²) in [5.74, 6) is -0.320. The van der Waals surface area contributed by atoms with E-state index in [1.807, 2.05) is 22.9 Å². The molecule has 1 aliphatic carbocycles. The van der Waals surface area contributed by atoms with Crippen molar-refractivity contribution in [2.75, 3.05) is 6.61 Å². The van der Waals surface area contributed by atoms with Gasteiger partial charge in [0.05, 0.1) is 11.1 Å². The summed E-state index contributed by atoms with van der Waals surface area (Å²) in [7, 11) is 0. The average molecular weight is 381 g/mol. The van der Waals surface area contributed by atoms with Crippen molar-refractivity contribution < 1.29 is 14.3 Å². The van der Waals surface area contributed by atoms with E-state index in [-0.39, 0.29) is 30.3 Å². The highest BCUT2D eigenvalue weighted by Crippen LogP contribution is 2.26. The van der Waals surface area contributed by atoms with Gasteiger partial charge in [0.25, 0.3) is 5.91 Å². The molecular formula is C22H24FN3O2. The van der Waals surface area contributed by atoms with Crippen LogP contribution in [0.5, 0.6) is 0 Å². The summed E-state index contributed by atoms with van der Waals surface area (Å²) in [6.07, 6.45) is 7.47. The van der Waals surface area contributed by atoms with Gasteiger partial charge >= 0.3 is 0 Å². The number of nitrogens with one attached hydrogen (secondary N) is 1. The van der Waals surface area contributed by atoms with Crippen LogP contribution in [0, 0.1) is 11.7 Å². The minimum absolute atomic E-state index is 0.00883. The third kappa shape index (κ3) is 3.78. The molecule has 0 bridgehead atoms. The SMILES string of the molecule is O=C(N[C@H]1CCCC[C@@H]1CO)c1cn(Cc2ccc(F)cc2)c2cccnc12. The molecule has 0 spiro atoms. The summed E-state index contributed by atoms with van der Waals surface area (Å²) in [4.78, 5) is 17.4. The first-order chi connectivity index (χ1) is 13.7. The van der Waals surface area contributed by atoms with Gasteiger partial charge in [-0.3, -0.25) is 9.78 Å². The molecule has 2 N–H and O–H groups in total. The van der Waals surface area contributed by atoms with Crippen molar-refractivity contribution in [3.8, 4) is 0 Å². The van der Waals surface area contributed by atoms with Gasteiger partial charge in [0.1, 0.15) is 11.3 Å². The number of nitrogens with zero attached hydrogens (tertiary/aromatic N) is 2. The summed E-state index contributed by atoms with van der Waals surface area (Å²) >= 11 is 0. The molecule has 1 aromatic carbocycles. The van der Waals surface area contributed by atoms with Crippen LogP contribution < -0.4 is 5.32 Å². The van der Waals surface area contributed by atoms with Gasteiger partial charge in [-0.05, 0) is 42.7 Å². The van der Waals surface area contributed by atoms with Crippen molar-refractivity contribution in [2.24, 2.45) is 5.92 Å². The van der Waals surface area contributed by atoms with Crippen LogP contribution in [-0.4, -0.2) is 33.2 Å². The van der Waals surface area contributed by atoms with Gasteiger partial charge in [-0.2, -0.15) is 0 Å². The van der Waals surface area contributed by atoms with E-state index in [1.54, 1.807) is 18.3 Å². The second-order valence-electron chi connectivity index (χ2n) is 7.48. The molecule has 1 amide bonds. The second-order valence-corrected chi connectivity index (χ2v) is 7.48. The maximum Gasteiger partial charge on any atom is 0.255 e. The van der Waals surface area contributed by atoms with Gasteiger partial charge < -0.3 is 15.0 Å². The molecule has 0 aliphatic heterocycles. The highest BCUT2D eigenvalue weighted by molar-refractivity contribution is 6.05. The minimum Gasteiger partial charge on any atom is -0.396 e. The Morgan fingerprint density at radius 3 is 2.79 bits per heavy atom. The number of carbonyl (C=O) groups is 1. The van der Waals surface area contributed by atoms with E-state index in [9.17, 15) is 14.3 Å². The number of aromatic nitrogens is 2. The molecule has 2 atom stereocenters. The smallest absolute Gasteiger partial charge is 0.255 e. The Balaban J connectivity index is 1.62. The Bertz CT molecular complexity index is 968. The van der Waals surface area contributed by atoms with E-state index in [0.29, 0.717) is 17.6 Å². The standard InChI is InChI=1S/C22H24FN3O2/c23-17-9-7-15(8-10-17)12-26-13-18(21-20(26)6-3-11-24-21)22(28)25-19-5-2-1-4-16(19)14-27/h3,6-11,13,16,19,27H,1-2,4-5,12,14H2,(H,25,28)/t16-,19+/m1/s1. The average Bonchev–Trinajstić information content (AvgIpc) is 3.09. The quantitative estimate of drug-likeness (QED) is 0.711. The van der Waals surface area contributed by atoms with E-state index in [2.05, 4.69) is 10.3 Å². The number of aliphatic hydroxyl groups is 1. The minimum atomic E-state index is -0.270. The van der Waals surface area contributed by atoms with Gasteiger partial charge in [0.2, 0.25) is 0 Å². The Labute approximate surface area is 163 Å². The fourth-order valence-electron chi connectivity index (χ4n) is 4.07. The van der Waals surface area contributed by atoms with E-state index in [4.69, 9.17) is 0 Å². The first kappa shape index (κ1) is 18.6. The third-order valence-corrected chi connectivity index (χ3v) is 5.61. The van der Waals surface area contributed by atoms with Gasteiger partial charge in [-0.1, -0.05) is 25.0 Å². The molecule has 0 saturated heterocycles. The van der Waals surface area contributed by atoms with E-state index < -0.39 is 0 Å². The zero-order chi connectivity index (χ0) is 19.5. The highest BCUT2D eigenvalue weighted by Gasteiger charge is 2.27. The molecule has 1 aliphatic rings. The van der Waals surface area contributed by atoms with Crippen LogP contribution >= 0.6 is 0 Å². The monoisotopic (exact) mass is 381 g/mol. The van der Waals surface area contributed by atoms with Crippen LogP contribution in [0.4, 0.5) is 4.39 Å². The summed E-state index contributed by atoms with van der Waals surface area (Å²) < 4.78 is 15.2. The fourth-order valence-corrected chi connectivity index (χ4v) is 4.07. The van der Waals surface area contributed by atoms with Crippen molar-refractivity contribution in [3.05, 3.63) is 65.7 Å². The maximum absolute atomic E-state index is 13.2. The summed E-state index contributed by atoms with van der Waals surface area (Å²) in [5.41, 5.74) is 2.99. The number of aliphatic hydroxyl groups excluding tert-OH is 1. The fraction of sp³-hybridized carbons (Fsp3) is 0.364. The number of amides is 1. The second kappa shape index (κ2) is 8.10. The summed E-state index contributed by atoms with van der Waals surface area (Å²) in [6, 6.07) is 10.1. The third-order valence-electron chi connectivity index (χ3n) is 5.61. The zero-order valence-electron chi connectivity index (χ0n) is 15.6. The summed E-state index contributed by atoms with van der Waals surface area (Å²) in [5, 5.41) is 12.7. The Kier molecular flexibility index (Phi) is 5.39. The lowest BCUT2D eigenvalue weighted by atomic mass is 9.85. The molecular weight excluding hydrogens is 357 g/mol. The van der Waals surface area contributed by atoms with Crippen LogP contribution in [0.1, 0.15) is 41.6 Å². The van der Waals surface area contributed by atoms with Crippen molar-refractivity contribution in [1.29, 1.82) is 0 Å². The molecule has 1 saturated carbocycles. The van der Waals surface area contributed by atoms with E-state index >= 15 is 0 Å². The van der Waals surface area contributed by atoms with Gasteiger partial charge in [0.15, 0.2) is 0 Å². The number of benzene rings is 1. The van der Waals surface area contributed by atoms with Gasteiger partial charge in [-0.25, -0.2) is 4.39 Å². The number of rotatable bonds is 5. The predicted octanol–water partition coefficient (Wildman–Crippen LogP) is 3.50.